The Morgan fingerprint density at radius 1 is 1.29 bits per heavy atom. The van der Waals surface area contributed by atoms with Gasteiger partial charge in [-0.2, -0.15) is 0 Å². The van der Waals surface area contributed by atoms with Crippen LogP contribution in [0, 0.1) is 18.6 Å². The number of nitrogens with one attached hydrogen (secondary N) is 1. The first kappa shape index (κ1) is 16.4. The molecule has 1 aliphatic heterocycles. The average Bonchev–Trinajstić information content (AvgIpc) is 2.43. The van der Waals surface area contributed by atoms with E-state index in [1.807, 2.05) is 6.92 Å². The molecule has 0 aromatic heterocycles. The highest BCUT2D eigenvalue weighted by molar-refractivity contribution is 7.92. The normalized spacial score (nSPS) is 23.0. The van der Waals surface area contributed by atoms with E-state index >= 15 is 0 Å². The summed E-state index contributed by atoms with van der Waals surface area (Å²) in [7, 11) is -3.28. The highest BCUT2D eigenvalue weighted by Crippen LogP contribution is 2.33. The lowest BCUT2D eigenvalue weighted by atomic mass is 9.97. The van der Waals surface area contributed by atoms with Gasteiger partial charge in [0.2, 0.25) is 0 Å². The van der Waals surface area contributed by atoms with Crippen molar-refractivity contribution in [3.8, 4) is 0 Å². The van der Waals surface area contributed by atoms with Crippen LogP contribution in [0.15, 0.2) is 12.1 Å². The first-order valence-electron chi connectivity index (χ1n) is 7.28. The maximum atomic E-state index is 14.2. The first-order chi connectivity index (χ1) is 9.88. The van der Waals surface area contributed by atoms with Crippen molar-refractivity contribution in [1.82, 2.24) is 5.32 Å². The summed E-state index contributed by atoms with van der Waals surface area (Å²) in [5.41, 5.74) is 0.327. The third-order valence-corrected chi connectivity index (χ3v) is 6.35. The fraction of sp³-hybridized carbons (Fsp3) is 0.600. The van der Waals surface area contributed by atoms with Crippen molar-refractivity contribution < 1.29 is 17.2 Å². The highest BCUT2D eigenvalue weighted by Gasteiger charge is 2.37. The molecule has 0 saturated carbocycles. The minimum Gasteiger partial charge on any atom is -0.309 e. The second kappa shape index (κ2) is 6.40. The van der Waals surface area contributed by atoms with Gasteiger partial charge < -0.3 is 5.32 Å². The number of sulfone groups is 1. The van der Waals surface area contributed by atoms with Gasteiger partial charge in [-0.1, -0.05) is 25.5 Å². The molecule has 1 aromatic carbocycles. The molecule has 0 radical (unpaired) electrons. The first-order valence-corrected chi connectivity index (χ1v) is 8.99. The van der Waals surface area contributed by atoms with E-state index in [1.54, 1.807) is 0 Å². The number of hydrogen-bond donors (Lipinski definition) is 1. The van der Waals surface area contributed by atoms with Crippen LogP contribution in [0.25, 0.3) is 0 Å². The van der Waals surface area contributed by atoms with Gasteiger partial charge in [-0.15, -0.1) is 0 Å². The highest BCUT2D eigenvalue weighted by atomic mass is 32.2. The smallest absolute Gasteiger partial charge is 0.163 e. The zero-order chi connectivity index (χ0) is 15.6. The van der Waals surface area contributed by atoms with Gasteiger partial charge in [0.25, 0.3) is 0 Å². The van der Waals surface area contributed by atoms with Crippen molar-refractivity contribution in [3.63, 3.8) is 0 Å². The van der Waals surface area contributed by atoms with Crippen molar-refractivity contribution in [1.29, 1.82) is 0 Å². The van der Waals surface area contributed by atoms with Crippen molar-refractivity contribution >= 4 is 9.84 Å². The molecule has 1 saturated heterocycles. The van der Waals surface area contributed by atoms with E-state index in [2.05, 4.69) is 5.32 Å². The quantitative estimate of drug-likeness (QED) is 0.929. The summed E-state index contributed by atoms with van der Waals surface area (Å²) in [6.07, 6.45) is 1.92. The summed E-state index contributed by atoms with van der Waals surface area (Å²) in [4.78, 5) is 0. The van der Waals surface area contributed by atoms with Crippen molar-refractivity contribution in [2.75, 3.05) is 12.3 Å². The summed E-state index contributed by atoms with van der Waals surface area (Å²) >= 11 is 0. The van der Waals surface area contributed by atoms with Crippen LogP contribution in [0.2, 0.25) is 0 Å². The maximum absolute atomic E-state index is 14.2. The Kier molecular flexibility index (Phi) is 4.99. The molecule has 2 rings (SSSR count). The number of hydrogen-bond acceptors (Lipinski definition) is 3. The number of halogens is 2. The van der Waals surface area contributed by atoms with E-state index < -0.39 is 32.8 Å². The van der Waals surface area contributed by atoms with Gasteiger partial charge in [-0.3, -0.25) is 0 Å². The molecule has 118 valence electrons. The minimum absolute atomic E-state index is 0.107. The molecule has 0 amide bonds. The van der Waals surface area contributed by atoms with E-state index in [0.717, 1.165) is 6.42 Å². The Labute approximate surface area is 124 Å². The van der Waals surface area contributed by atoms with E-state index in [0.29, 0.717) is 19.4 Å². The topological polar surface area (TPSA) is 46.2 Å². The van der Waals surface area contributed by atoms with Crippen LogP contribution in [-0.4, -0.2) is 26.0 Å². The second-order valence-corrected chi connectivity index (χ2v) is 7.88. The largest absolute Gasteiger partial charge is 0.309 e. The molecule has 1 fully saturated rings. The van der Waals surface area contributed by atoms with Crippen LogP contribution in [0.3, 0.4) is 0 Å². The fourth-order valence-corrected chi connectivity index (χ4v) is 5.01. The van der Waals surface area contributed by atoms with E-state index in [4.69, 9.17) is 0 Å². The Morgan fingerprint density at radius 3 is 2.62 bits per heavy atom. The zero-order valence-electron chi connectivity index (χ0n) is 12.3. The molecule has 2 atom stereocenters. The van der Waals surface area contributed by atoms with Crippen molar-refractivity contribution in [2.24, 2.45) is 0 Å². The van der Waals surface area contributed by atoms with Crippen LogP contribution in [-0.2, 0) is 9.84 Å². The van der Waals surface area contributed by atoms with Crippen molar-refractivity contribution in [3.05, 3.63) is 34.9 Å². The number of rotatable bonds is 4. The van der Waals surface area contributed by atoms with Gasteiger partial charge in [-0.05, 0) is 31.9 Å². The van der Waals surface area contributed by atoms with Gasteiger partial charge in [0.15, 0.2) is 21.5 Å². The molecule has 0 bridgehead atoms. The molecule has 1 N–H and O–H groups in total. The molecule has 1 heterocycles. The van der Waals surface area contributed by atoms with E-state index in [-0.39, 0.29) is 16.9 Å². The Bertz CT molecular complexity index is 616. The molecule has 0 aliphatic carbocycles. The molecule has 0 spiro atoms. The number of benzene rings is 1. The molecular weight excluding hydrogens is 296 g/mol. The van der Waals surface area contributed by atoms with Gasteiger partial charge in [0.05, 0.1) is 17.0 Å². The maximum Gasteiger partial charge on any atom is 0.163 e. The molecule has 2 unspecified atom stereocenters. The van der Waals surface area contributed by atoms with E-state index in [1.165, 1.54) is 19.1 Å². The molecule has 3 nitrogen and oxygen atoms in total. The fourth-order valence-electron chi connectivity index (χ4n) is 2.92. The predicted molar refractivity (Wildman–Crippen MR) is 78.9 cm³/mol. The van der Waals surface area contributed by atoms with E-state index in [9.17, 15) is 17.2 Å². The van der Waals surface area contributed by atoms with Crippen LogP contribution >= 0.6 is 0 Å². The second-order valence-electron chi connectivity index (χ2n) is 5.54. The summed E-state index contributed by atoms with van der Waals surface area (Å²) < 4.78 is 52.6. The lowest BCUT2D eigenvalue weighted by molar-refractivity contribution is 0.424. The van der Waals surface area contributed by atoms with Crippen LogP contribution in [0.1, 0.15) is 43.4 Å². The lowest BCUT2D eigenvalue weighted by Gasteiger charge is -2.31. The summed E-state index contributed by atoms with van der Waals surface area (Å²) in [5.74, 6) is -1.72. The standard InChI is InChI=1S/C15H21F2NO2S/c1-3-18-15(12-6-4-5-9-21(12,19)20)11-8-7-10(2)13(16)14(11)17/h7-8,12,15,18H,3-6,9H2,1-2H3. The van der Waals surface area contributed by atoms with Crippen LogP contribution in [0.4, 0.5) is 8.78 Å². The summed E-state index contributed by atoms with van der Waals surface area (Å²) in [6, 6.07) is 2.29. The van der Waals surface area contributed by atoms with Gasteiger partial charge in [-0.25, -0.2) is 17.2 Å². The Morgan fingerprint density at radius 2 is 2.00 bits per heavy atom. The van der Waals surface area contributed by atoms with Gasteiger partial charge in [0, 0.05) is 5.56 Å². The summed E-state index contributed by atoms with van der Waals surface area (Å²) in [5, 5.41) is 2.33. The van der Waals surface area contributed by atoms with Crippen molar-refractivity contribution in [2.45, 2.75) is 44.4 Å². The predicted octanol–water partition coefficient (Wildman–Crippen LogP) is 2.89. The minimum atomic E-state index is -3.28. The molecule has 6 heteroatoms. The zero-order valence-corrected chi connectivity index (χ0v) is 13.1. The van der Waals surface area contributed by atoms with Crippen LogP contribution in [0.5, 0.6) is 0 Å². The van der Waals surface area contributed by atoms with Gasteiger partial charge in [0.1, 0.15) is 0 Å². The SMILES string of the molecule is CCNC(c1ccc(C)c(F)c1F)C1CCCCS1(=O)=O. The Balaban J connectivity index is 2.46. The third-order valence-electron chi connectivity index (χ3n) is 4.06. The number of aryl methyl sites for hydroxylation is 1. The lowest BCUT2D eigenvalue weighted by Crippen LogP contribution is -2.41. The monoisotopic (exact) mass is 317 g/mol. The third kappa shape index (κ3) is 3.26. The molecule has 1 aliphatic rings. The molecule has 1 aromatic rings. The molecule has 21 heavy (non-hydrogen) atoms. The van der Waals surface area contributed by atoms with Gasteiger partial charge >= 0.3 is 0 Å². The average molecular weight is 317 g/mol. The molecular formula is C15H21F2NO2S. The van der Waals surface area contributed by atoms with Crippen LogP contribution < -0.4 is 5.32 Å². The summed E-state index contributed by atoms with van der Waals surface area (Å²) in [6.45, 7) is 3.80. The Hall–Kier alpha value is -1.01.